The Morgan fingerprint density at radius 3 is 2.05 bits per heavy atom. The summed E-state index contributed by atoms with van der Waals surface area (Å²) >= 11 is 0. The van der Waals surface area contributed by atoms with Crippen LogP contribution < -0.4 is 0 Å². The first kappa shape index (κ1) is 17.9. The molecule has 8 heteroatoms. The Hall–Kier alpha value is -1.18. The second-order valence-corrected chi connectivity index (χ2v) is 5.32. The minimum atomic E-state index is -5.57. The van der Waals surface area contributed by atoms with Crippen molar-refractivity contribution in [3.63, 3.8) is 0 Å². The van der Waals surface area contributed by atoms with E-state index in [2.05, 4.69) is 11.3 Å². The summed E-state index contributed by atoms with van der Waals surface area (Å²) in [6.45, 7) is 3.04. The van der Waals surface area contributed by atoms with Crippen LogP contribution in [0.4, 0.5) is 22.0 Å². The molecule has 1 N–H and O–H groups in total. The van der Waals surface area contributed by atoms with E-state index in [0.29, 0.717) is 12.5 Å². The predicted molar refractivity (Wildman–Crippen MR) is 63.7 cm³/mol. The number of ether oxygens (including phenoxy) is 1. The average Bonchev–Trinajstić information content (AvgIpc) is 2.37. The number of aliphatic hydroxyl groups is 1. The third-order valence-corrected chi connectivity index (χ3v) is 3.86. The molecule has 0 aromatic rings. The maximum Gasteiger partial charge on any atom is 0.423 e. The first-order valence-corrected chi connectivity index (χ1v) is 6.43. The molecular weight excluding hydrogens is 299 g/mol. The van der Waals surface area contributed by atoms with Crippen molar-refractivity contribution in [2.45, 2.75) is 62.3 Å². The maximum absolute atomic E-state index is 14.5. The molecular formula is C13H17F5O3. The lowest BCUT2D eigenvalue weighted by atomic mass is 9.73. The maximum atomic E-state index is 14.5. The SMILES string of the molecule is C=CC(=O)OC1(C(F)(F)C(C)(O)C(F)(F)F)CCCCC1. The second kappa shape index (κ2) is 5.55. The van der Waals surface area contributed by atoms with Crippen molar-refractivity contribution in [2.24, 2.45) is 0 Å². The van der Waals surface area contributed by atoms with Crippen LogP contribution in [0.2, 0.25) is 0 Å². The molecule has 0 heterocycles. The van der Waals surface area contributed by atoms with Gasteiger partial charge in [0, 0.05) is 6.08 Å². The number of rotatable bonds is 4. The third kappa shape index (κ3) is 2.90. The molecule has 0 saturated heterocycles. The summed E-state index contributed by atoms with van der Waals surface area (Å²) in [4.78, 5) is 11.3. The molecule has 1 unspecified atom stereocenters. The molecule has 0 amide bonds. The number of hydrogen-bond donors (Lipinski definition) is 1. The second-order valence-electron chi connectivity index (χ2n) is 5.32. The fourth-order valence-corrected chi connectivity index (χ4v) is 2.46. The summed E-state index contributed by atoms with van der Waals surface area (Å²) in [6.07, 6.45) is -4.98. The largest absolute Gasteiger partial charge is 0.449 e. The lowest BCUT2D eigenvalue weighted by Crippen LogP contribution is -2.68. The van der Waals surface area contributed by atoms with E-state index in [9.17, 15) is 31.9 Å². The number of hydrogen-bond acceptors (Lipinski definition) is 3. The highest BCUT2D eigenvalue weighted by Gasteiger charge is 2.74. The van der Waals surface area contributed by atoms with E-state index in [1.165, 1.54) is 0 Å². The molecule has 122 valence electrons. The van der Waals surface area contributed by atoms with E-state index in [0.717, 1.165) is 0 Å². The average molecular weight is 316 g/mol. The van der Waals surface area contributed by atoms with Crippen LogP contribution in [0.1, 0.15) is 39.0 Å². The van der Waals surface area contributed by atoms with Gasteiger partial charge in [0.1, 0.15) is 0 Å². The van der Waals surface area contributed by atoms with Gasteiger partial charge < -0.3 is 9.84 Å². The summed E-state index contributed by atoms with van der Waals surface area (Å²) in [5.41, 5.74) is -6.99. The monoisotopic (exact) mass is 316 g/mol. The summed E-state index contributed by atoms with van der Waals surface area (Å²) < 4.78 is 71.9. The molecule has 21 heavy (non-hydrogen) atoms. The molecule has 1 aliphatic carbocycles. The van der Waals surface area contributed by atoms with E-state index in [-0.39, 0.29) is 19.8 Å². The van der Waals surface area contributed by atoms with Crippen molar-refractivity contribution >= 4 is 5.97 Å². The van der Waals surface area contributed by atoms with Gasteiger partial charge in [-0.1, -0.05) is 13.0 Å². The van der Waals surface area contributed by atoms with Crippen LogP contribution in [0.15, 0.2) is 12.7 Å². The van der Waals surface area contributed by atoms with Gasteiger partial charge in [-0.15, -0.1) is 0 Å². The van der Waals surface area contributed by atoms with E-state index >= 15 is 0 Å². The molecule has 0 aromatic carbocycles. The minimum absolute atomic E-state index is 0.00883. The van der Waals surface area contributed by atoms with Crippen LogP contribution >= 0.6 is 0 Å². The molecule has 0 aromatic heterocycles. The quantitative estimate of drug-likeness (QED) is 0.491. The highest BCUT2D eigenvalue weighted by molar-refractivity contribution is 5.81. The Morgan fingerprint density at radius 2 is 1.67 bits per heavy atom. The molecule has 1 fully saturated rings. The van der Waals surface area contributed by atoms with E-state index in [1.54, 1.807) is 0 Å². The van der Waals surface area contributed by atoms with Gasteiger partial charge in [0.15, 0.2) is 5.60 Å². The Morgan fingerprint density at radius 1 is 1.19 bits per heavy atom. The summed E-state index contributed by atoms with van der Waals surface area (Å²) in [6, 6.07) is 0. The van der Waals surface area contributed by atoms with Crippen LogP contribution in [-0.2, 0) is 9.53 Å². The highest BCUT2D eigenvalue weighted by Crippen LogP contribution is 2.53. The van der Waals surface area contributed by atoms with Gasteiger partial charge in [-0.2, -0.15) is 22.0 Å². The Labute approximate surface area is 118 Å². The highest BCUT2D eigenvalue weighted by atomic mass is 19.4. The number of esters is 1. The van der Waals surface area contributed by atoms with Crippen molar-refractivity contribution in [2.75, 3.05) is 0 Å². The zero-order valence-electron chi connectivity index (χ0n) is 11.5. The van der Waals surface area contributed by atoms with Gasteiger partial charge in [0.2, 0.25) is 5.60 Å². The standard InChI is InChI=1S/C13H17F5O3/c1-3-9(19)21-11(7-5-4-6-8-11)12(14,15)10(2,20)13(16,17)18/h3,20H,1,4-8H2,2H3. The lowest BCUT2D eigenvalue weighted by Gasteiger charge is -2.47. The van der Waals surface area contributed by atoms with Gasteiger partial charge in [0.05, 0.1) is 0 Å². The molecule has 0 radical (unpaired) electrons. The van der Waals surface area contributed by atoms with Crippen molar-refractivity contribution < 1.29 is 36.6 Å². The third-order valence-electron chi connectivity index (χ3n) is 3.86. The molecule has 1 saturated carbocycles. The van der Waals surface area contributed by atoms with Crippen molar-refractivity contribution in [1.29, 1.82) is 0 Å². The molecule has 0 bridgehead atoms. The number of alkyl halides is 5. The van der Waals surface area contributed by atoms with E-state index in [1.807, 2.05) is 0 Å². The topological polar surface area (TPSA) is 46.5 Å². The zero-order valence-corrected chi connectivity index (χ0v) is 11.5. The number of halogens is 5. The lowest BCUT2D eigenvalue weighted by molar-refractivity contribution is -0.364. The van der Waals surface area contributed by atoms with Gasteiger partial charge >= 0.3 is 18.1 Å². The van der Waals surface area contributed by atoms with E-state index in [4.69, 9.17) is 0 Å². The fourth-order valence-electron chi connectivity index (χ4n) is 2.46. The van der Waals surface area contributed by atoms with Crippen LogP contribution in [0.3, 0.4) is 0 Å². The molecule has 0 aliphatic heterocycles. The van der Waals surface area contributed by atoms with Crippen LogP contribution in [-0.4, -0.2) is 34.4 Å². The summed E-state index contributed by atoms with van der Waals surface area (Å²) in [5.74, 6) is -5.92. The van der Waals surface area contributed by atoms with Crippen LogP contribution in [0.5, 0.6) is 0 Å². The van der Waals surface area contributed by atoms with Gasteiger partial charge in [0.25, 0.3) is 0 Å². The van der Waals surface area contributed by atoms with Crippen LogP contribution in [0, 0.1) is 0 Å². The molecule has 1 atom stereocenters. The minimum Gasteiger partial charge on any atom is -0.449 e. The Kier molecular flexibility index (Phi) is 4.72. The number of carbonyl (C=O) groups excluding carboxylic acids is 1. The van der Waals surface area contributed by atoms with E-state index < -0.39 is 42.1 Å². The van der Waals surface area contributed by atoms with Crippen molar-refractivity contribution in [1.82, 2.24) is 0 Å². The molecule has 1 rings (SSSR count). The Balaban J connectivity index is 3.29. The normalized spacial score (nSPS) is 22.2. The first-order valence-electron chi connectivity index (χ1n) is 6.43. The van der Waals surface area contributed by atoms with Crippen molar-refractivity contribution in [3.05, 3.63) is 12.7 Å². The Bertz CT molecular complexity index is 409. The van der Waals surface area contributed by atoms with Gasteiger partial charge in [-0.3, -0.25) is 0 Å². The molecule has 1 aliphatic rings. The molecule has 3 nitrogen and oxygen atoms in total. The first-order chi connectivity index (χ1) is 9.41. The smallest absolute Gasteiger partial charge is 0.423 e. The predicted octanol–water partition coefficient (Wildman–Crippen LogP) is 3.37. The van der Waals surface area contributed by atoms with Crippen LogP contribution in [0.25, 0.3) is 0 Å². The van der Waals surface area contributed by atoms with Gasteiger partial charge in [-0.05, 0) is 32.6 Å². The summed E-state index contributed by atoms with van der Waals surface area (Å²) in [5, 5.41) is 9.39. The fraction of sp³-hybridized carbons (Fsp3) is 0.769. The summed E-state index contributed by atoms with van der Waals surface area (Å²) in [7, 11) is 0. The van der Waals surface area contributed by atoms with Gasteiger partial charge in [-0.25, -0.2) is 4.79 Å². The van der Waals surface area contributed by atoms with Crippen molar-refractivity contribution in [3.8, 4) is 0 Å². The molecule has 0 spiro atoms. The number of carbonyl (C=O) groups is 1. The zero-order chi connectivity index (χ0) is 16.5.